The van der Waals surface area contributed by atoms with Crippen molar-refractivity contribution >= 4 is 23.2 Å². The number of hydrogen-bond donors (Lipinski definition) is 2. The molecular weight excluding hydrogens is 547 g/mol. The quantitative estimate of drug-likeness (QED) is 0.426. The van der Waals surface area contributed by atoms with Gasteiger partial charge in [-0.3, -0.25) is 4.79 Å². The van der Waals surface area contributed by atoms with Crippen LogP contribution in [0.2, 0.25) is 0 Å². The highest BCUT2D eigenvalue weighted by Gasteiger charge is 2.38. The molecule has 3 aromatic rings. The molecule has 2 N–H and O–H groups in total. The van der Waals surface area contributed by atoms with E-state index in [1.807, 2.05) is 23.6 Å². The van der Waals surface area contributed by atoms with Gasteiger partial charge in [-0.15, -0.1) is 0 Å². The summed E-state index contributed by atoms with van der Waals surface area (Å²) in [6, 6.07) is 5.20. The summed E-state index contributed by atoms with van der Waals surface area (Å²) in [5.41, 5.74) is -1.83. The summed E-state index contributed by atoms with van der Waals surface area (Å²) >= 11 is 0. The van der Waals surface area contributed by atoms with Crippen molar-refractivity contribution in [1.29, 1.82) is 0 Å². The predicted molar refractivity (Wildman–Crippen MR) is 144 cm³/mol. The van der Waals surface area contributed by atoms with E-state index in [1.165, 1.54) is 24.5 Å². The smallest absolute Gasteiger partial charge is 0.378 e. The fraction of sp³-hybridized carbons (Fsp3) is 0.393. The minimum Gasteiger partial charge on any atom is -0.378 e. The van der Waals surface area contributed by atoms with E-state index >= 15 is 4.39 Å². The Morgan fingerprint density at radius 3 is 2.29 bits per heavy atom. The lowest BCUT2D eigenvalue weighted by Crippen LogP contribution is -2.54. The van der Waals surface area contributed by atoms with E-state index in [1.54, 1.807) is 0 Å². The van der Waals surface area contributed by atoms with Gasteiger partial charge in [-0.05, 0) is 38.1 Å². The SMILES string of the molecule is C[C@@H]1CN(c2cc(F)c(-c3cnc(N4CCOCC4)nc3)cc2NC(=O)c2cccc(F)c2C(F)(F)F)C[C@H](C)N1. The summed E-state index contributed by atoms with van der Waals surface area (Å²) in [5.74, 6) is -2.91. The maximum absolute atomic E-state index is 15.6. The van der Waals surface area contributed by atoms with Crippen LogP contribution in [0, 0.1) is 11.6 Å². The molecular formula is C28H29F5N6O2. The molecule has 1 aromatic heterocycles. The summed E-state index contributed by atoms with van der Waals surface area (Å²) in [6.45, 7) is 7.10. The Kier molecular flexibility index (Phi) is 8.09. The highest BCUT2D eigenvalue weighted by atomic mass is 19.4. The molecule has 13 heteroatoms. The van der Waals surface area contributed by atoms with Crippen LogP contribution in [-0.2, 0) is 10.9 Å². The molecule has 8 nitrogen and oxygen atoms in total. The van der Waals surface area contributed by atoms with Crippen molar-refractivity contribution in [2.75, 3.05) is 54.5 Å². The first-order valence-electron chi connectivity index (χ1n) is 13.2. The molecule has 0 unspecified atom stereocenters. The molecule has 5 rings (SSSR count). The molecule has 2 aliphatic rings. The number of hydrogen-bond acceptors (Lipinski definition) is 7. The van der Waals surface area contributed by atoms with E-state index in [9.17, 15) is 22.4 Å². The summed E-state index contributed by atoms with van der Waals surface area (Å²) in [7, 11) is 0. The molecule has 218 valence electrons. The number of nitrogens with one attached hydrogen (secondary N) is 2. The van der Waals surface area contributed by atoms with Crippen LogP contribution in [0.25, 0.3) is 11.1 Å². The summed E-state index contributed by atoms with van der Waals surface area (Å²) in [4.78, 5) is 25.7. The molecule has 2 saturated heterocycles. The average Bonchev–Trinajstić information content (AvgIpc) is 2.93. The number of alkyl halides is 3. The van der Waals surface area contributed by atoms with Crippen molar-refractivity contribution in [2.45, 2.75) is 32.1 Å². The molecule has 0 radical (unpaired) electrons. The van der Waals surface area contributed by atoms with E-state index in [0.29, 0.717) is 57.0 Å². The van der Waals surface area contributed by atoms with Crippen molar-refractivity contribution in [2.24, 2.45) is 0 Å². The monoisotopic (exact) mass is 576 g/mol. The first kappa shape index (κ1) is 28.7. The van der Waals surface area contributed by atoms with Gasteiger partial charge in [-0.1, -0.05) is 6.07 Å². The molecule has 2 aromatic carbocycles. The Labute approximate surface area is 233 Å². The molecule has 2 atom stereocenters. The molecule has 0 spiro atoms. The van der Waals surface area contributed by atoms with Gasteiger partial charge in [0.1, 0.15) is 17.2 Å². The van der Waals surface area contributed by atoms with Gasteiger partial charge in [-0.25, -0.2) is 18.7 Å². The van der Waals surface area contributed by atoms with Crippen molar-refractivity contribution in [3.63, 3.8) is 0 Å². The second-order valence-electron chi connectivity index (χ2n) is 10.2. The number of halogens is 5. The number of carbonyl (C=O) groups is 1. The summed E-state index contributed by atoms with van der Waals surface area (Å²) < 4.78 is 76.2. The van der Waals surface area contributed by atoms with E-state index in [4.69, 9.17) is 4.74 Å². The molecule has 0 bridgehead atoms. The van der Waals surface area contributed by atoms with Gasteiger partial charge in [0.25, 0.3) is 5.91 Å². The Hall–Kier alpha value is -3.84. The maximum atomic E-state index is 15.6. The molecule has 3 heterocycles. The van der Waals surface area contributed by atoms with Gasteiger partial charge in [-0.2, -0.15) is 13.2 Å². The zero-order valence-electron chi connectivity index (χ0n) is 22.4. The summed E-state index contributed by atoms with van der Waals surface area (Å²) in [5, 5.41) is 5.86. The lowest BCUT2D eigenvalue weighted by Gasteiger charge is -2.38. The van der Waals surface area contributed by atoms with Crippen LogP contribution in [0.4, 0.5) is 39.3 Å². The Morgan fingerprint density at radius 1 is 1.00 bits per heavy atom. The third-order valence-electron chi connectivity index (χ3n) is 7.02. The molecule has 0 aliphatic carbocycles. The number of aromatic nitrogens is 2. The number of ether oxygens (including phenoxy) is 1. The second-order valence-corrected chi connectivity index (χ2v) is 10.2. The maximum Gasteiger partial charge on any atom is 0.420 e. The van der Waals surface area contributed by atoms with Gasteiger partial charge >= 0.3 is 6.18 Å². The highest BCUT2D eigenvalue weighted by Crippen LogP contribution is 2.37. The number of benzene rings is 2. The third kappa shape index (κ3) is 6.25. The van der Waals surface area contributed by atoms with E-state index in [0.717, 1.165) is 12.1 Å². The van der Waals surface area contributed by atoms with Gasteiger partial charge < -0.3 is 25.2 Å². The number of anilines is 3. The number of piperazine rings is 1. The van der Waals surface area contributed by atoms with Crippen molar-refractivity contribution in [3.05, 3.63) is 65.5 Å². The number of morpholine rings is 1. The standard InChI is InChI=1S/C28H29F5N6O2/c1-16-14-39(15-17(2)36-16)24-11-22(30)20(18-12-34-27(35-13-18)38-6-8-41-9-7-38)10-23(24)37-26(40)19-4-3-5-21(29)25(19)28(31,32)33/h3-5,10-13,16-17,36H,6-9,14-15H2,1-2H3,(H,37,40)/t16-,17+. The van der Waals surface area contributed by atoms with Crippen LogP contribution < -0.4 is 20.4 Å². The molecule has 0 saturated carbocycles. The Morgan fingerprint density at radius 2 is 1.66 bits per heavy atom. The zero-order valence-corrected chi connectivity index (χ0v) is 22.4. The zero-order chi connectivity index (χ0) is 29.3. The van der Waals surface area contributed by atoms with Crippen LogP contribution in [0.15, 0.2) is 42.7 Å². The summed E-state index contributed by atoms with van der Waals surface area (Å²) in [6.07, 6.45) is -2.20. The average molecular weight is 577 g/mol. The van der Waals surface area contributed by atoms with Crippen LogP contribution in [0.1, 0.15) is 29.8 Å². The Bertz CT molecular complexity index is 1400. The molecule has 2 fully saturated rings. The van der Waals surface area contributed by atoms with Crippen molar-refractivity contribution in [3.8, 4) is 11.1 Å². The highest BCUT2D eigenvalue weighted by molar-refractivity contribution is 6.07. The van der Waals surface area contributed by atoms with Crippen LogP contribution in [0.5, 0.6) is 0 Å². The predicted octanol–water partition coefficient (Wildman–Crippen LogP) is 4.72. The normalized spacial score (nSPS) is 19.8. The van der Waals surface area contributed by atoms with Crippen molar-refractivity contribution in [1.82, 2.24) is 15.3 Å². The van der Waals surface area contributed by atoms with Gasteiger partial charge in [0.15, 0.2) is 0 Å². The third-order valence-corrected chi connectivity index (χ3v) is 7.02. The van der Waals surface area contributed by atoms with E-state index < -0.39 is 34.8 Å². The van der Waals surface area contributed by atoms with Crippen LogP contribution >= 0.6 is 0 Å². The van der Waals surface area contributed by atoms with E-state index in [2.05, 4.69) is 20.6 Å². The van der Waals surface area contributed by atoms with Crippen LogP contribution in [0.3, 0.4) is 0 Å². The van der Waals surface area contributed by atoms with Gasteiger partial charge in [0.2, 0.25) is 5.95 Å². The number of rotatable bonds is 5. The first-order chi connectivity index (χ1) is 19.5. The lowest BCUT2D eigenvalue weighted by atomic mass is 10.0. The largest absolute Gasteiger partial charge is 0.420 e. The molecule has 2 aliphatic heterocycles. The van der Waals surface area contributed by atoms with Crippen LogP contribution in [-0.4, -0.2) is 67.4 Å². The molecule has 41 heavy (non-hydrogen) atoms. The minimum absolute atomic E-state index is 0.0197. The first-order valence-corrected chi connectivity index (χ1v) is 13.2. The second kappa shape index (κ2) is 11.6. The number of amides is 1. The van der Waals surface area contributed by atoms with Gasteiger partial charge in [0.05, 0.1) is 30.2 Å². The van der Waals surface area contributed by atoms with E-state index in [-0.39, 0.29) is 29.0 Å². The lowest BCUT2D eigenvalue weighted by molar-refractivity contribution is -0.140. The van der Waals surface area contributed by atoms with Crippen molar-refractivity contribution < 1.29 is 31.5 Å². The fourth-order valence-corrected chi connectivity index (χ4v) is 5.25. The number of nitrogens with zero attached hydrogens (tertiary/aromatic N) is 4. The number of carbonyl (C=O) groups excluding carboxylic acids is 1. The Balaban J connectivity index is 1.54. The minimum atomic E-state index is -5.10. The molecule has 1 amide bonds. The fourth-order valence-electron chi connectivity index (χ4n) is 5.25. The van der Waals surface area contributed by atoms with Gasteiger partial charge in [0, 0.05) is 61.8 Å². The topological polar surface area (TPSA) is 82.6 Å².